The van der Waals surface area contributed by atoms with E-state index in [0.717, 1.165) is 12.1 Å². The van der Waals surface area contributed by atoms with Crippen LogP contribution in [0.25, 0.3) is 0 Å². The number of likely N-dealkylation sites (tertiary alicyclic amines) is 1. The predicted octanol–water partition coefficient (Wildman–Crippen LogP) is 2.83. The minimum atomic E-state index is -4.39. The maximum atomic E-state index is 12.6. The van der Waals surface area contributed by atoms with E-state index in [0.29, 0.717) is 18.5 Å². The first-order chi connectivity index (χ1) is 12.1. The van der Waals surface area contributed by atoms with Gasteiger partial charge in [-0.25, -0.2) is 0 Å². The molecule has 26 heavy (non-hydrogen) atoms. The van der Waals surface area contributed by atoms with E-state index < -0.39 is 29.0 Å². The molecule has 1 fully saturated rings. The lowest BCUT2D eigenvalue weighted by atomic mass is 9.88. The zero-order chi connectivity index (χ0) is 19.5. The molecule has 8 heteroatoms. The van der Waals surface area contributed by atoms with Gasteiger partial charge in [0, 0.05) is 26.1 Å². The van der Waals surface area contributed by atoms with Crippen LogP contribution in [-0.2, 0) is 26.9 Å². The summed E-state index contributed by atoms with van der Waals surface area (Å²) in [5, 5.41) is 9.45. The van der Waals surface area contributed by atoms with E-state index in [-0.39, 0.29) is 25.5 Å². The average molecular weight is 373 g/mol. The summed E-state index contributed by atoms with van der Waals surface area (Å²) in [6.07, 6.45) is -3.79. The van der Waals surface area contributed by atoms with Crippen LogP contribution in [-0.4, -0.2) is 48.7 Å². The van der Waals surface area contributed by atoms with Gasteiger partial charge in [-0.3, -0.25) is 9.59 Å². The van der Waals surface area contributed by atoms with Gasteiger partial charge in [0.25, 0.3) is 0 Å². The second-order valence-electron chi connectivity index (χ2n) is 6.83. The minimum Gasteiger partial charge on any atom is -0.481 e. The summed E-state index contributed by atoms with van der Waals surface area (Å²) < 4.78 is 42.8. The highest BCUT2D eigenvalue weighted by atomic mass is 19.4. The molecule has 5 nitrogen and oxygen atoms in total. The Bertz CT molecular complexity index is 659. The molecule has 1 aromatic rings. The first-order valence-electron chi connectivity index (χ1n) is 8.26. The number of hydrogen-bond acceptors (Lipinski definition) is 3. The second kappa shape index (κ2) is 7.65. The highest BCUT2D eigenvalue weighted by Gasteiger charge is 2.46. The number of nitrogens with zero attached hydrogens (tertiary/aromatic N) is 1. The van der Waals surface area contributed by atoms with Crippen molar-refractivity contribution < 1.29 is 32.6 Å². The van der Waals surface area contributed by atoms with Gasteiger partial charge >= 0.3 is 12.1 Å². The molecule has 0 spiro atoms. The van der Waals surface area contributed by atoms with Gasteiger partial charge in [0.1, 0.15) is 5.41 Å². The number of alkyl halides is 3. The van der Waals surface area contributed by atoms with Crippen molar-refractivity contribution in [2.75, 3.05) is 26.8 Å². The molecule has 2 unspecified atom stereocenters. The molecule has 1 N–H and O–H groups in total. The maximum Gasteiger partial charge on any atom is 0.416 e. The summed E-state index contributed by atoms with van der Waals surface area (Å²) >= 11 is 0. The average Bonchev–Trinajstić information content (AvgIpc) is 2.99. The Labute approximate surface area is 149 Å². The molecule has 0 aliphatic carbocycles. The molecule has 2 atom stereocenters. The van der Waals surface area contributed by atoms with Gasteiger partial charge in [0.15, 0.2) is 0 Å². The Morgan fingerprint density at radius 2 is 1.92 bits per heavy atom. The van der Waals surface area contributed by atoms with Gasteiger partial charge in [-0.05, 0) is 30.5 Å². The van der Waals surface area contributed by atoms with Crippen LogP contribution in [0, 0.1) is 11.3 Å². The van der Waals surface area contributed by atoms with Crippen LogP contribution in [0.5, 0.6) is 0 Å². The number of aliphatic carboxylic acids is 1. The molecule has 0 bridgehead atoms. The number of rotatable bonds is 6. The monoisotopic (exact) mass is 373 g/mol. The Hall–Kier alpha value is -2.09. The highest BCUT2D eigenvalue weighted by molar-refractivity contribution is 5.82. The van der Waals surface area contributed by atoms with Gasteiger partial charge in [-0.15, -0.1) is 0 Å². The number of carbonyl (C=O) groups excluding carboxylic acids is 1. The zero-order valence-corrected chi connectivity index (χ0v) is 14.7. The fourth-order valence-electron chi connectivity index (χ4n) is 3.27. The first-order valence-corrected chi connectivity index (χ1v) is 8.26. The molecular formula is C18H22F3NO4. The van der Waals surface area contributed by atoms with Crippen LogP contribution in [0.3, 0.4) is 0 Å². The number of methoxy groups -OCH3 is 1. The Morgan fingerprint density at radius 1 is 1.31 bits per heavy atom. The molecule has 1 aromatic carbocycles. The molecule has 0 aromatic heterocycles. The zero-order valence-electron chi connectivity index (χ0n) is 14.7. The largest absolute Gasteiger partial charge is 0.481 e. The Kier molecular flexibility index (Phi) is 5.95. The summed E-state index contributed by atoms with van der Waals surface area (Å²) in [7, 11) is 1.42. The van der Waals surface area contributed by atoms with E-state index in [2.05, 4.69) is 0 Å². The van der Waals surface area contributed by atoms with Crippen LogP contribution in [0.15, 0.2) is 24.3 Å². The maximum absolute atomic E-state index is 12.6. The number of carboxylic acids is 1. The molecule has 1 aliphatic heterocycles. The molecular weight excluding hydrogens is 351 g/mol. The molecule has 144 valence electrons. The number of benzene rings is 1. The summed E-state index contributed by atoms with van der Waals surface area (Å²) in [5.41, 5.74) is -1.21. The lowest BCUT2D eigenvalue weighted by Gasteiger charge is -2.25. The van der Waals surface area contributed by atoms with Crippen LogP contribution < -0.4 is 0 Å². The fraction of sp³-hybridized carbons (Fsp3) is 0.556. The molecule has 1 amide bonds. The van der Waals surface area contributed by atoms with Crippen LogP contribution in [0.2, 0.25) is 0 Å². The van der Waals surface area contributed by atoms with Crippen molar-refractivity contribution in [2.24, 2.45) is 11.3 Å². The van der Waals surface area contributed by atoms with Gasteiger partial charge in [-0.2, -0.15) is 13.2 Å². The van der Waals surface area contributed by atoms with Gasteiger partial charge in [-0.1, -0.05) is 19.1 Å². The van der Waals surface area contributed by atoms with Crippen molar-refractivity contribution in [3.05, 3.63) is 35.4 Å². The molecule has 0 saturated carbocycles. The quantitative estimate of drug-likeness (QED) is 0.833. The van der Waals surface area contributed by atoms with Gasteiger partial charge in [0.2, 0.25) is 5.91 Å². The van der Waals surface area contributed by atoms with Crippen molar-refractivity contribution in [1.82, 2.24) is 4.90 Å². The van der Waals surface area contributed by atoms with E-state index in [1.165, 1.54) is 24.1 Å². The van der Waals surface area contributed by atoms with Crippen molar-refractivity contribution >= 4 is 11.9 Å². The van der Waals surface area contributed by atoms with Crippen LogP contribution in [0.4, 0.5) is 13.2 Å². The van der Waals surface area contributed by atoms with Crippen molar-refractivity contribution in [2.45, 2.75) is 25.9 Å². The molecule has 1 aliphatic rings. The third kappa shape index (κ3) is 4.35. The molecule has 0 radical (unpaired) electrons. The third-order valence-corrected chi connectivity index (χ3v) is 4.78. The van der Waals surface area contributed by atoms with E-state index in [9.17, 15) is 27.9 Å². The standard InChI is InChI=1S/C18H22F3NO4/c1-12(9-13-3-5-14(6-4-13)18(19,20)21)15(23)22-8-7-17(10-22,11-26-2)16(24)25/h3-6,12H,7-11H2,1-2H3,(H,24,25). The lowest BCUT2D eigenvalue weighted by Crippen LogP contribution is -2.41. The van der Waals surface area contributed by atoms with Crippen LogP contribution in [0.1, 0.15) is 24.5 Å². The Morgan fingerprint density at radius 3 is 2.42 bits per heavy atom. The number of halogens is 3. The molecule has 1 heterocycles. The summed E-state index contributed by atoms with van der Waals surface area (Å²) in [4.78, 5) is 25.7. The Balaban J connectivity index is 2.01. The summed E-state index contributed by atoms with van der Waals surface area (Å²) in [6, 6.07) is 4.72. The number of amides is 1. The number of carbonyl (C=O) groups is 2. The van der Waals surface area contributed by atoms with Crippen molar-refractivity contribution in [3.63, 3.8) is 0 Å². The van der Waals surface area contributed by atoms with E-state index in [1.807, 2.05) is 0 Å². The second-order valence-corrected chi connectivity index (χ2v) is 6.83. The lowest BCUT2D eigenvalue weighted by molar-refractivity contribution is -0.152. The van der Waals surface area contributed by atoms with E-state index >= 15 is 0 Å². The predicted molar refractivity (Wildman–Crippen MR) is 87.5 cm³/mol. The van der Waals surface area contributed by atoms with Crippen molar-refractivity contribution in [3.8, 4) is 0 Å². The van der Waals surface area contributed by atoms with Gasteiger partial charge < -0.3 is 14.7 Å². The summed E-state index contributed by atoms with van der Waals surface area (Å²) in [6.45, 7) is 2.12. The summed E-state index contributed by atoms with van der Waals surface area (Å²) in [5.74, 6) is -1.66. The number of hydrogen-bond donors (Lipinski definition) is 1. The van der Waals surface area contributed by atoms with E-state index in [1.54, 1.807) is 6.92 Å². The number of carboxylic acid groups (broad SMARTS) is 1. The molecule has 2 rings (SSSR count). The number of ether oxygens (including phenoxy) is 1. The third-order valence-electron chi connectivity index (χ3n) is 4.78. The van der Waals surface area contributed by atoms with Crippen LogP contribution >= 0.6 is 0 Å². The normalized spacial score (nSPS) is 21.7. The fourth-order valence-corrected chi connectivity index (χ4v) is 3.27. The minimum absolute atomic E-state index is 0.0272. The van der Waals surface area contributed by atoms with Crippen molar-refractivity contribution in [1.29, 1.82) is 0 Å². The smallest absolute Gasteiger partial charge is 0.416 e. The highest BCUT2D eigenvalue weighted by Crippen LogP contribution is 2.33. The molecule has 1 saturated heterocycles. The SMILES string of the molecule is COCC1(C(=O)O)CCN(C(=O)C(C)Cc2ccc(C(F)(F)F)cc2)C1. The first kappa shape index (κ1) is 20.2. The van der Waals surface area contributed by atoms with E-state index in [4.69, 9.17) is 4.74 Å². The topological polar surface area (TPSA) is 66.8 Å². The van der Waals surface area contributed by atoms with Gasteiger partial charge in [0.05, 0.1) is 12.2 Å².